The molecular formula is C20H24N6O5. The van der Waals surface area contributed by atoms with E-state index >= 15 is 0 Å². The number of amides is 2. The number of nitrogens with zero attached hydrogens (tertiary/aromatic N) is 5. The van der Waals surface area contributed by atoms with Crippen LogP contribution in [0.5, 0.6) is 5.88 Å². The molecule has 164 valence electrons. The lowest BCUT2D eigenvalue weighted by Gasteiger charge is -2.34. The molecule has 0 aliphatic carbocycles. The molecule has 0 spiro atoms. The molecule has 3 aromatic rings. The summed E-state index contributed by atoms with van der Waals surface area (Å²) in [5.41, 5.74) is 0.666. The Balaban J connectivity index is 1.22. The Kier molecular flexibility index (Phi) is 6.03. The smallest absolute Gasteiger partial charge is 0.273 e. The van der Waals surface area contributed by atoms with Crippen molar-refractivity contribution in [2.75, 3.05) is 46.4 Å². The van der Waals surface area contributed by atoms with Crippen LogP contribution in [0.2, 0.25) is 0 Å². The van der Waals surface area contributed by atoms with Gasteiger partial charge in [-0.3, -0.25) is 19.2 Å². The van der Waals surface area contributed by atoms with Crippen LogP contribution in [-0.2, 0) is 7.05 Å². The molecule has 0 atom stereocenters. The summed E-state index contributed by atoms with van der Waals surface area (Å²) in [4.78, 5) is 29.0. The van der Waals surface area contributed by atoms with Gasteiger partial charge in [-0.1, -0.05) is 5.16 Å². The van der Waals surface area contributed by atoms with E-state index in [0.717, 1.165) is 13.1 Å². The number of furan rings is 1. The van der Waals surface area contributed by atoms with Crippen LogP contribution in [-0.4, -0.2) is 82.9 Å². The number of ether oxygens (including phenoxy) is 1. The van der Waals surface area contributed by atoms with Gasteiger partial charge in [-0.15, -0.1) is 5.10 Å². The van der Waals surface area contributed by atoms with Gasteiger partial charge in [0, 0.05) is 58.6 Å². The van der Waals surface area contributed by atoms with E-state index in [1.807, 2.05) is 0 Å². The van der Waals surface area contributed by atoms with E-state index in [1.165, 1.54) is 13.4 Å². The van der Waals surface area contributed by atoms with Crippen molar-refractivity contribution in [2.24, 2.45) is 7.05 Å². The van der Waals surface area contributed by atoms with E-state index in [4.69, 9.17) is 13.7 Å². The fourth-order valence-corrected chi connectivity index (χ4v) is 3.45. The molecule has 0 bridgehead atoms. The summed E-state index contributed by atoms with van der Waals surface area (Å²) in [6.45, 7) is 3.77. The second kappa shape index (κ2) is 9.04. The average molecular weight is 428 g/mol. The second-order valence-electron chi connectivity index (χ2n) is 7.17. The lowest BCUT2D eigenvalue weighted by atomic mass is 10.2. The van der Waals surface area contributed by atoms with Gasteiger partial charge in [-0.05, 0) is 12.1 Å². The van der Waals surface area contributed by atoms with Crippen LogP contribution in [0.1, 0.15) is 20.8 Å². The van der Waals surface area contributed by atoms with Gasteiger partial charge >= 0.3 is 0 Å². The fraction of sp³-hybridized carbons (Fsp3) is 0.400. The van der Waals surface area contributed by atoms with Crippen LogP contribution in [0.25, 0.3) is 11.5 Å². The van der Waals surface area contributed by atoms with Gasteiger partial charge in [-0.25, -0.2) is 0 Å². The third-order valence-electron chi connectivity index (χ3n) is 5.10. The van der Waals surface area contributed by atoms with Crippen LogP contribution in [0.4, 0.5) is 0 Å². The van der Waals surface area contributed by atoms with Crippen molar-refractivity contribution in [2.45, 2.75) is 0 Å². The molecular weight excluding hydrogens is 404 g/mol. The molecule has 0 radical (unpaired) electrons. The van der Waals surface area contributed by atoms with Crippen LogP contribution in [0.3, 0.4) is 0 Å². The summed E-state index contributed by atoms with van der Waals surface area (Å²) in [5.74, 6) is 0.861. The topological polar surface area (TPSA) is 119 Å². The molecule has 1 saturated heterocycles. The van der Waals surface area contributed by atoms with Crippen molar-refractivity contribution in [1.82, 2.24) is 30.1 Å². The number of hydrogen-bond donors (Lipinski definition) is 1. The highest BCUT2D eigenvalue weighted by atomic mass is 16.5. The van der Waals surface area contributed by atoms with Crippen LogP contribution in [0, 0.1) is 0 Å². The minimum Gasteiger partial charge on any atom is -0.479 e. The van der Waals surface area contributed by atoms with Gasteiger partial charge < -0.3 is 23.9 Å². The first-order chi connectivity index (χ1) is 15.0. The molecule has 0 unspecified atom stereocenters. The monoisotopic (exact) mass is 428 g/mol. The molecule has 4 heterocycles. The Labute approximate surface area is 178 Å². The molecule has 1 fully saturated rings. The predicted molar refractivity (Wildman–Crippen MR) is 109 cm³/mol. The SMILES string of the molecule is COc1nn(C)cc1C(=O)N1CCN(CCNC(=O)c2cc(-c3ccco3)on2)CC1. The van der Waals surface area contributed by atoms with E-state index in [0.29, 0.717) is 49.1 Å². The van der Waals surface area contributed by atoms with Crippen molar-refractivity contribution in [3.63, 3.8) is 0 Å². The average Bonchev–Trinajstić information content (AvgIpc) is 3.53. The van der Waals surface area contributed by atoms with Crippen molar-refractivity contribution in [1.29, 1.82) is 0 Å². The van der Waals surface area contributed by atoms with Gasteiger partial charge in [0.1, 0.15) is 5.56 Å². The summed E-state index contributed by atoms with van der Waals surface area (Å²) < 4.78 is 17.1. The molecule has 11 nitrogen and oxygen atoms in total. The quantitative estimate of drug-likeness (QED) is 0.589. The summed E-state index contributed by atoms with van der Waals surface area (Å²) in [7, 11) is 3.25. The third-order valence-corrected chi connectivity index (χ3v) is 5.10. The molecule has 11 heteroatoms. The van der Waals surface area contributed by atoms with E-state index < -0.39 is 0 Å². The predicted octanol–water partition coefficient (Wildman–Crippen LogP) is 0.865. The van der Waals surface area contributed by atoms with Crippen molar-refractivity contribution >= 4 is 11.8 Å². The van der Waals surface area contributed by atoms with E-state index in [9.17, 15) is 9.59 Å². The Morgan fingerprint density at radius 3 is 2.74 bits per heavy atom. The minimum absolute atomic E-state index is 0.0868. The minimum atomic E-state index is -0.306. The molecule has 31 heavy (non-hydrogen) atoms. The number of methoxy groups -OCH3 is 1. The maximum absolute atomic E-state index is 12.7. The van der Waals surface area contributed by atoms with Gasteiger partial charge in [0.05, 0.1) is 13.4 Å². The third kappa shape index (κ3) is 4.61. The first kappa shape index (κ1) is 20.7. The number of piperazine rings is 1. The normalized spacial score (nSPS) is 14.6. The summed E-state index contributed by atoms with van der Waals surface area (Å²) >= 11 is 0. The molecule has 2 amide bonds. The second-order valence-corrected chi connectivity index (χ2v) is 7.17. The molecule has 1 aliphatic rings. The van der Waals surface area contributed by atoms with Gasteiger partial charge in [-0.2, -0.15) is 0 Å². The summed E-state index contributed by atoms with van der Waals surface area (Å²) in [6, 6.07) is 5.01. The number of carbonyl (C=O) groups excluding carboxylic acids is 2. The summed E-state index contributed by atoms with van der Waals surface area (Å²) in [5, 5.41) is 10.8. The molecule has 1 aliphatic heterocycles. The van der Waals surface area contributed by atoms with E-state index in [-0.39, 0.29) is 17.5 Å². The van der Waals surface area contributed by atoms with E-state index in [2.05, 4.69) is 20.5 Å². The highest BCUT2D eigenvalue weighted by molar-refractivity contribution is 5.96. The highest BCUT2D eigenvalue weighted by Gasteiger charge is 2.26. The fourth-order valence-electron chi connectivity index (χ4n) is 3.45. The first-order valence-electron chi connectivity index (χ1n) is 9.93. The highest BCUT2D eigenvalue weighted by Crippen LogP contribution is 2.20. The molecule has 3 aromatic heterocycles. The number of aromatic nitrogens is 3. The van der Waals surface area contributed by atoms with Gasteiger partial charge in [0.2, 0.25) is 11.6 Å². The molecule has 0 saturated carbocycles. The number of carbonyl (C=O) groups is 2. The van der Waals surface area contributed by atoms with Crippen molar-refractivity contribution < 1.29 is 23.3 Å². The number of nitrogens with one attached hydrogen (secondary N) is 1. The Hall–Kier alpha value is -3.60. The zero-order valence-corrected chi connectivity index (χ0v) is 17.4. The van der Waals surface area contributed by atoms with Gasteiger partial charge in [0.15, 0.2) is 11.5 Å². The largest absolute Gasteiger partial charge is 0.479 e. The summed E-state index contributed by atoms with van der Waals surface area (Å²) in [6.07, 6.45) is 3.20. The number of aryl methyl sites for hydroxylation is 1. The van der Waals surface area contributed by atoms with Crippen LogP contribution < -0.4 is 10.1 Å². The lowest BCUT2D eigenvalue weighted by Crippen LogP contribution is -2.50. The van der Waals surface area contributed by atoms with Gasteiger partial charge in [0.25, 0.3) is 11.8 Å². The lowest BCUT2D eigenvalue weighted by molar-refractivity contribution is 0.0634. The van der Waals surface area contributed by atoms with Crippen LogP contribution in [0.15, 0.2) is 39.6 Å². The van der Waals surface area contributed by atoms with Crippen molar-refractivity contribution in [3.8, 4) is 17.4 Å². The van der Waals surface area contributed by atoms with Crippen LogP contribution >= 0.6 is 0 Å². The van der Waals surface area contributed by atoms with Crippen molar-refractivity contribution in [3.05, 3.63) is 41.9 Å². The standard InChI is InChI=1S/C20H24N6O5/c1-24-13-14(19(22-24)29-2)20(28)26-9-7-25(8-10-26)6-5-21-18(27)15-12-17(31-23-15)16-4-3-11-30-16/h3-4,11-13H,5-10H2,1-2H3,(H,21,27). The Bertz CT molecular complexity index is 1030. The maximum atomic E-state index is 12.7. The Morgan fingerprint density at radius 2 is 2.03 bits per heavy atom. The Morgan fingerprint density at radius 1 is 1.23 bits per heavy atom. The number of rotatable bonds is 7. The number of hydrogen-bond acceptors (Lipinski definition) is 8. The molecule has 4 rings (SSSR count). The molecule has 1 N–H and O–H groups in total. The van der Waals surface area contributed by atoms with E-state index in [1.54, 1.807) is 41.0 Å². The first-order valence-corrected chi connectivity index (χ1v) is 9.93. The maximum Gasteiger partial charge on any atom is 0.273 e. The zero-order valence-electron chi connectivity index (χ0n) is 17.4. The molecule has 0 aromatic carbocycles. The zero-order chi connectivity index (χ0) is 21.8.